The molecule has 0 amide bonds. The molecule has 5 heteroatoms. The molecule has 1 aliphatic heterocycles. The first-order chi connectivity index (χ1) is 13.6. The summed E-state index contributed by atoms with van der Waals surface area (Å²) in [6.45, 7) is 5.90. The summed E-state index contributed by atoms with van der Waals surface area (Å²) in [6.07, 6.45) is 4.84. The minimum Gasteiger partial charge on any atom is -0.340 e. The fourth-order valence-corrected chi connectivity index (χ4v) is 3.91. The first-order valence-electron chi connectivity index (χ1n) is 9.83. The summed E-state index contributed by atoms with van der Waals surface area (Å²) in [7, 11) is 0. The molecule has 0 bridgehead atoms. The molecule has 0 N–H and O–H groups in total. The van der Waals surface area contributed by atoms with E-state index in [2.05, 4.69) is 27.0 Å². The fourth-order valence-electron chi connectivity index (χ4n) is 3.91. The number of pyridine rings is 1. The van der Waals surface area contributed by atoms with E-state index in [0.29, 0.717) is 12.3 Å². The van der Waals surface area contributed by atoms with Crippen LogP contribution in [0.5, 0.6) is 0 Å². The number of benzene rings is 1. The second-order valence-corrected chi connectivity index (χ2v) is 7.63. The largest absolute Gasteiger partial charge is 0.340 e. The number of nitrogens with zero attached hydrogens (tertiary/aromatic N) is 4. The van der Waals surface area contributed by atoms with E-state index in [0.717, 1.165) is 60.1 Å². The highest BCUT2D eigenvalue weighted by atomic mass is 19.1. The predicted molar refractivity (Wildman–Crippen MR) is 109 cm³/mol. The van der Waals surface area contributed by atoms with Crippen molar-refractivity contribution in [1.82, 2.24) is 15.0 Å². The highest BCUT2D eigenvalue weighted by Crippen LogP contribution is 2.28. The predicted octanol–water partition coefficient (Wildman–Crippen LogP) is 4.60. The zero-order chi connectivity index (χ0) is 19.5. The van der Waals surface area contributed by atoms with E-state index < -0.39 is 0 Å². The van der Waals surface area contributed by atoms with Crippen LogP contribution in [0, 0.1) is 19.7 Å². The van der Waals surface area contributed by atoms with Gasteiger partial charge in [0.1, 0.15) is 5.82 Å². The summed E-state index contributed by atoms with van der Waals surface area (Å²) in [4.78, 5) is 16.2. The molecule has 1 saturated heterocycles. The summed E-state index contributed by atoms with van der Waals surface area (Å²) >= 11 is 0. The Kier molecular flexibility index (Phi) is 5.33. The van der Waals surface area contributed by atoms with Crippen LogP contribution in [-0.2, 0) is 6.42 Å². The molecule has 0 saturated carbocycles. The molecule has 1 aliphatic rings. The normalized spacial score (nSPS) is 17.0. The zero-order valence-corrected chi connectivity index (χ0v) is 16.4. The first-order valence-corrected chi connectivity index (χ1v) is 9.83. The van der Waals surface area contributed by atoms with Gasteiger partial charge in [-0.05, 0) is 68.5 Å². The lowest BCUT2D eigenvalue weighted by atomic mass is 9.94. The van der Waals surface area contributed by atoms with E-state index in [1.807, 2.05) is 32.2 Å². The van der Waals surface area contributed by atoms with Crippen LogP contribution in [0.25, 0.3) is 0 Å². The van der Waals surface area contributed by atoms with Gasteiger partial charge >= 0.3 is 0 Å². The molecule has 3 aromatic rings. The zero-order valence-electron chi connectivity index (χ0n) is 16.4. The monoisotopic (exact) mass is 376 g/mol. The van der Waals surface area contributed by atoms with Crippen LogP contribution in [0.4, 0.5) is 10.3 Å². The number of aromatic nitrogens is 3. The molecule has 2 aromatic heterocycles. The van der Waals surface area contributed by atoms with Gasteiger partial charge in [-0.2, -0.15) is 0 Å². The van der Waals surface area contributed by atoms with Crippen molar-refractivity contribution < 1.29 is 4.39 Å². The molecule has 4 rings (SSSR count). The van der Waals surface area contributed by atoms with Crippen molar-refractivity contribution >= 4 is 5.95 Å². The third kappa shape index (κ3) is 4.35. The SMILES string of the molecule is Cc1cc(C)nc(N2CCC[C@H](c3ccc(Cc4cccc(F)c4)cn3)C2)n1. The first kappa shape index (κ1) is 18.5. The lowest BCUT2D eigenvalue weighted by molar-refractivity contribution is 0.494. The molecule has 3 heterocycles. The maximum atomic E-state index is 13.4. The van der Waals surface area contributed by atoms with E-state index in [9.17, 15) is 4.39 Å². The van der Waals surface area contributed by atoms with Crippen molar-refractivity contribution in [3.63, 3.8) is 0 Å². The van der Waals surface area contributed by atoms with Crippen molar-refractivity contribution in [1.29, 1.82) is 0 Å². The van der Waals surface area contributed by atoms with Crippen LogP contribution in [0.3, 0.4) is 0 Å². The number of rotatable bonds is 4. The Morgan fingerprint density at radius 3 is 2.57 bits per heavy atom. The maximum absolute atomic E-state index is 13.4. The second-order valence-electron chi connectivity index (χ2n) is 7.63. The van der Waals surface area contributed by atoms with Crippen LogP contribution in [0.1, 0.15) is 47.0 Å². The Labute approximate surface area is 165 Å². The smallest absolute Gasteiger partial charge is 0.225 e. The Morgan fingerprint density at radius 2 is 1.86 bits per heavy atom. The van der Waals surface area contributed by atoms with Gasteiger partial charge in [-0.15, -0.1) is 0 Å². The number of aryl methyl sites for hydroxylation is 2. The fraction of sp³-hybridized carbons (Fsp3) is 0.348. The third-order valence-electron chi connectivity index (χ3n) is 5.24. The van der Waals surface area contributed by atoms with Crippen LogP contribution in [-0.4, -0.2) is 28.0 Å². The van der Waals surface area contributed by atoms with Crippen LogP contribution >= 0.6 is 0 Å². The average Bonchev–Trinajstić information content (AvgIpc) is 2.68. The van der Waals surface area contributed by atoms with Gasteiger partial charge in [-0.25, -0.2) is 14.4 Å². The van der Waals surface area contributed by atoms with E-state index in [1.54, 1.807) is 12.1 Å². The Hall–Kier alpha value is -2.82. The second kappa shape index (κ2) is 8.05. The number of halogens is 1. The molecule has 28 heavy (non-hydrogen) atoms. The van der Waals surface area contributed by atoms with Crippen LogP contribution < -0.4 is 4.90 Å². The van der Waals surface area contributed by atoms with E-state index in [1.165, 1.54) is 6.07 Å². The van der Waals surface area contributed by atoms with Gasteiger partial charge in [0, 0.05) is 42.3 Å². The highest BCUT2D eigenvalue weighted by molar-refractivity contribution is 5.35. The number of hydrogen-bond acceptors (Lipinski definition) is 4. The summed E-state index contributed by atoms with van der Waals surface area (Å²) in [6, 6.07) is 13.0. The van der Waals surface area contributed by atoms with Crippen molar-refractivity contribution in [2.75, 3.05) is 18.0 Å². The van der Waals surface area contributed by atoms with Crippen LogP contribution in [0.15, 0.2) is 48.7 Å². The third-order valence-corrected chi connectivity index (χ3v) is 5.24. The van der Waals surface area contributed by atoms with Gasteiger partial charge < -0.3 is 4.90 Å². The van der Waals surface area contributed by atoms with Gasteiger partial charge in [0.2, 0.25) is 5.95 Å². The topological polar surface area (TPSA) is 41.9 Å². The van der Waals surface area contributed by atoms with Crippen molar-refractivity contribution in [2.45, 2.75) is 39.0 Å². The van der Waals surface area contributed by atoms with Gasteiger partial charge in [0.15, 0.2) is 0 Å². The minimum atomic E-state index is -0.196. The number of hydrogen-bond donors (Lipinski definition) is 0. The lowest BCUT2D eigenvalue weighted by Crippen LogP contribution is -2.36. The Bertz CT molecular complexity index is 935. The molecule has 0 spiro atoms. The maximum Gasteiger partial charge on any atom is 0.225 e. The average molecular weight is 376 g/mol. The Balaban J connectivity index is 1.46. The van der Waals surface area contributed by atoms with E-state index >= 15 is 0 Å². The summed E-state index contributed by atoms with van der Waals surface area (Å²) in [5.74, 6) is 1.00. The number of piperidine rings is 1. The highest BCUT2D eigenvalue weighted by Gasteiger charge is 2.24. The molecule has 0 radical (unpaired) electrons. The molecule has 144 valence electrons. The quantitative estimate of drug-likeness (QED) is 0.667. The van der Waals surface area contributed by atoms with Gasteiger partial charge in [0.25, 0.3) is 0 Å². The standard InChI is InChI=1S/C23H25FN4/c1-16-11-17(2)27-23(26-16)28-10-4-6-20(15-28)22-9-8-19(14-25-22)12-18-5-3-7-21(24)13-18/h3,5,7-9,11,13-14,20H,4,6,10,12,15H2,1-2H3/t20-/m0/s1. The minimum absolute atomic E-state index is 0.196. The van der Waals surface area contributed by atoms with Gasteiger partial charge in [-0.1, -0.05) is 18.2 Å². The molecule has 4 nitrogen and oxygen atoms in total. The van der Waals surface area contributed by atoms with E-state index in [-0.39, 0.29) is 5.82 Å². The van der Waals surface area contributed by atoms with Crippen LogP contribution in [0.2, 0.25) is 0 Å². The molecule has 1 fully saturated rings. The van der Waals surface area contributed by atoms with Crippen molar-refractivity contribution in [3.8, 4) is 0 Å². The van der Waals surface area contributed by atoms with Gasteiger partial charge in [0.05, 0.1) is 0 Å². The van der Waals surface area contributed by atoms with Crippen molar-refractivity contribution in [2.24, 2.45) is 0 Å². The van der Waals surface area contributed by atoms with Crippen molar-refractivity contribution in [3.05, 3.63) is 82.7 Å². The molecular weight excluding hydrogens is 351 g/mol. The van der Waals surface area contributed by atoms with E-state index in [4.69, 9.17) is 4.98 Å². The Morgan fingerprint density at radius 1 is 1.04 bits per heavy atom. The summed E-state index contributed by atoms with van der Waals surface area (Å²) in [5.41, 5.74) is 5.18. The lowest BCUT2D eigenvalue weighted by Gasteiger charge is -2.32. The summed E-state index contributed by atoms with van der Waals surface area (Å²) < 4.78 is 13.4. The molecule has 1 atom stereocenters. The van der Waals surface area contributed by atoms with Gasteiger partial charge in [-0.3, -0.25) is 4.98 Å². The molecule has 0 aliphatic carbocycles. The molecular formula is C23H25FN4. The number of anilines is 1. The molecule has 1 aromatic carbocycles. The molecule has 0 unspecified atom stereocenters. The summed E-state index contributed by atoms with van der Waals surface area (Å²) in [5, 5.41) is 0.